The summed E-state index contributed by atoms with van der Waals surface area (Å²) in [6.45, 7) is 4.41. The maximum absolute atomic E-state index is 11.9. The number of carbonyl (C=O) groups is 2. The summed E-state index contributed by atoms with van der Waals surface area (Å²) in [6, 6.07) is 8.07. The first-order chi connectivity index (χ1) is 10.0. The van der Waals surface area contributed by atoms with E-state index in [1.807, 2.05) is 31.2 Å². The van der Waals surface area contributed by atoms with Crippen molar-refractivity contribution in [3.63, 3.8) is 0 Å². The average molecular weight is 290 g/mol. The molecule has 0 bridgehead atoms. The molecular weight excluding hydrogens is 268 g/mol. The third kappa shape index (κ3) is 4.86. The van der Waals surface area contributed by atoms with Gasteiger partial charge < -0.3 is 20.1 Å². The number of carboxylic acids is 1. The molecule has 0 aliphatic carbocycles. The molecule has 2 N–H and O–H groups in total. The van der Waals surface area contributed by atoms with E-state index in [4.69, 9.17) is 0 Å². The molecule has 1 heterocycles. The van der Waals surface area contributed by atoms with Gasteiger partial charge in [0.2, 0.25) is 0 Å². The van der Waals surface area contributed by atoms with E-state index in [0.29, 0.717) is 25.9 Å². The van der Waals surface area contributed by atoms with Gasteiger partial charge in [-0.05, 0) is 12.5 Å². The fraction of sp³-hybridized carbons (Fsp3) is 0.500. The van der Waals surface area contributed by atoms with E-state index in [1.165, 1.54) is 5.56 Å². The van der Waals surface area contributed by atoms with Crippen molar-refractivity contribution in [3.8, 4) is 0 Å². The average Bonchev–Trinajstić information content (AvgIpc) is 2.47. The highest BCUT2D eigenvalue weighted by atomic mass is 16.4. The maximum atomic E-state index is 11.9. The van der Waals surface area contributed by atoms with E-state index in [-0.39, 0.29) is 11.8 Å². The van der Waals surface area contributed by atoms with Gasteiger partial charge in [0.1, 0.15) is 0 Å². The Labute approximate surface area is 125 Å². The molecule has 1 aromatic rings. The minimum atomic E-state index is -0.960. The number of nitrogens with one attached hydrogen (secondary N) is 2. The van der Waals surface area contributed by atoms with Crippen molar-refractivity contribution in [1.29, 1.82) is 0 Å². The monoisotopic (exact) mass is 290 g/mol. The third-order valence-corrected chi connectivity index (χ3v) is 4.05. The number of piperidine rings is 1. The molecule has 0 unspecified atom stereocenters. The van der Waals surface area contributed by atoms with E-state index in [9.17, 15) is 14.7 Å². The summed E-state index contributed by atoms with van der Waals surface area (Å²) in [5, 5.41) is 13.7. The van der Waals surface area contributed by atoms with Gasteiger partial charge in [-0.3, -0.25) is 4.79 Å². The highest BCUT2D eigenvalue weighted by Gasteiger charge is 2.24. The van der Waals surface area contributed by atoms with E-state index < -0.39 is 5.97 Å². The Morgan fingerprint density at radius 2 is 1.86 bits per heavy atom. The predicted molar refractivity (Wildman–Crippen MR) is 76.3 cm³/mol. The lowest BCUT2D eigenvalue weighted by molar-refractivity contribution is -0.897. The predicted octanol–water partition coefficient (Wildman–Crippen LogP) is -1.34. The number of benzene rings is 1. The molecule has 0 spiro atoms. The second-order valence-corrected chi connectivity index (χ2v) is 5.78. The molecule has 1 saturated heterocycles. The number of likely N-dealkylation sites (tertiary alicyclic amines) is 1. The summed E-state index contributed by atoms with van der Waals surface area (Å²) in [6.07, 6.45) is 1.20. The number of aliphatic carboxylic acids is 1. The van der Waals surface area contributed by atoms with E-state index >= 15 is 0 Å². The number of amides is 1. The van der Waals surface area contributed by atoms with Gasteiger partial charge in [-0.2, -0.15) is 0 Å². The quantitative estimate of drug-likeness (QED) is 0.705. The topological polar surface area (TPSA) is 73.7 Å². The zero-order valence-electron chi connectivity index (χ0n) is 12.4. The minimum absolute atomic E-state index is 0.0116. The maximum Gasteiger partial charge on any atom is 0.275 e. The molecule has 1 aliphatic rings. The first kappa shape index (κ1) is 15.5. The van der Waals surface area contributed by atoms with Gasteiger partial charge in [0.15, 0.2) is 6.54 Å². The zero-order chi connectivity index (χ0) is 15.2. The van der Waals surface area contributed by atoms with Crippen molar-refractivity contribution in [2.45, 2.75) is 26.3 Å². The Morgan fingerprint density at radius 1 is 1.24 bits per heavy atom. The number of hydrogen-bond donors (Lipinski definition) is 2. The Morgan fingerprint density at radius 3 is 2.43 bits per heavy atom. The molecule has 5 nitrogen and oxygen atoms in total. The van der Waals surface area contributed by atoms with Crippen LogP contribution in [0.1, 0.15) is 24.0 Å². The summed E-state index contributed by atoms with van der Waals surface area (Å²) in [5.74, 6) is -1.29. The van der Waals surface area contributed by atoms with E-state index in [0.717, 1.165) is 23.6 Å². The molecule has 5 heteroatoms. The summed E-state index contributed by atoms with van der Waals surface area (Å²) in [7, 11) is 0. The molecule has 0 atom stereocenters. The second-order valence-electron chi connectivity index (χ2n) is 5.78. The van der Waals surface area contributed by atoms with Crippen LogP contribution in [-0.4, -0.2) is 31.5 Å². The summed E-state index contributed by atoms with van der Waals surface area (Å²) < 4.78 is 0. The SMILES string of the molecule is Cc1ccc(CNC(=O)C[NH+]2CCC(C(=O)[O-])CC2)cc1. The third-order valence-electron chi connectivity index (χ3n) is 4.05. The molecule has 1 aromatic carbocycles. The normalized spacial score (nSPS) is 21.8. The van der Waals surface area contributed by atoms with E-state index in [2.05, 4.69) is 5.32 Å². The van der Waals surface area contributed by atoms with E-state index in [1.54, 1.807) is 0 Å². The molecular formula is C16H22N2O3. The lowest BCUT2D eigenvalue weighted by atomic mass is 9.97. The fourth-order valence-corrected chi connectivity index (χ4v) is 2.63. The number of carboxylic acid groups (broad SMARTS) is 1. The highest BCUT2D eigenvalue weighted by Crippen LogP contribution is 2.07. The van der Waals surface area contributed by atoms with Crippen LogP contribution in [0.5, 0.6) is 0 Å². The first-order valence-corrected chi connectivity index (χ1v) is 7.41. The Bertz CT molecular complexity index is 491. The van der Waals surface area contributed by atoms with Crippen LogP contribution in [0.3, 0.4) is 0 Å². The van der Waals surface area contributed by atoms with Crippen LogP contribution >= 0.6 is 0 Å². The minimum Gasteiger partial charge on any atom is -0.550 e. The van der Waals surface area contributed by atoms with Crippen LogP contribution in [-0.2, 0) is 16.1 Å². The van der Waals surface area contributed by atoms with Crippen LogP contribution in [0.2, 0.25) is 0 Å². The Balaban J connectivity index is 1.70. The zero-order valence-corrected chi connectivity index (χ0v) is 12.4. The standard InChI is InChI=1S/C16H22N2O3/c1-12-2-4-13(5-3-12)10-17-15(19)11-18-8-6-14(7-9-18)16(20)21/h2-5,14H,6-11H2,1H3,(H,17,19)(H,20,21). The number of quaternary nitrogens is 1. The van der Waals surface area contributed by atoms with Gasteiger partial charge >= 0.3 is 0 Å². The summed E-state index contributed by atoms with van der Waals surface area (Å²) in [4.78, 5) is 23.8. The first-order valence-electron chi connectivity index (χ1n) is 7.41. The van der Waals surface area contributed by atoms with Crippen molar-refractivity contribution < 1.29 is 19.6 Å². The second kappa shape index (κ2) is 7.22. The number of hydrogen-bond acceptors (Lipinski definition) is 3. The van der Waals surface area contributed by atoms with Gasteiger partial charge in [0.25, 0.3) is 5.91 Å². The van der Waals surface area contributed by atoms with Crippen LogP contribution < -0.4 is 15.3 Å². The molecule has 1 fully saturated rings. The van der Waals surface area contributed by atoms with Crippen molar-refractivity contribution in [2.24, 2.45) is 5.92 Å². The Hall–Kier alpha value is -1.88. The van der Waals surface area contributed by atoms with Gasteiger partial charge in [-0.25, -0.2) is 0 Å². The molecule has 0 saturated carbocycles. The smallest absolute Gasteiger partial charge is 0.275 e. The summed E-state index contributed by atoms with van der Waals surface area (Å²) >= 11 is 0. The number of carbonyl (C=O) groups excluding carboxylic acids is 2. The molecule has 0 radical (unpaired) electrons. The Kier molecular flexibility index (Phi) is 5.33. The van der Waals surface area contributed by atoms with Crippen molar-refractivity contribution >= 4 is 11.9 Å². The lowest BCUT2D eigenvalue weighted by Gasteiger charge is -2.29. The van der Waals surface area contributed by atoms with Crippen molar-refractivity contribution in [3.05, 3.63) is 35.4 Å². The lowest BCUT2D eigenvalue weighted by Crippen LogP contribution is -3.14. The van der Waals surface area contributed by atoms with Crippen LogP contribution in [0.25, 0.3) is 0 Å². The molecule has 1 aliphatic heterocycles. The number of rotatable bonds is 5. The largest absolute Gasteiger partial charge is 0.550 e. The van der Waals surface area contributed by atoms with Gasteiger partial charge in [-0.1, -0.05) is 29.8 Å². The molecule has 21 heavy (non-hydrogen) atoms. The van der Waals surface area contributed by atoms with Crippen LogP contribution in [0, 0.1) is 12.8 Å². The van der Waals surface area contributed by atoms with Gasteiger partial charge in [0.05, 0.1) is 13.1 Å². The fourth-order valence-electron chi connectivity index (χ4n) is 2.63. The van der Waals surface area contributed by atoms with Gasteiger partial charge in [0, 0.05) is 31.3 Å². The molecule has 114 valence electrons. The van der Waals surface area contributed by atoms with Crippen LogP contribution in [0.15, 0.2) is 24.3 Å². The van der Waals surface area contributed by atoms with Crippen LogP contribution in [0.4, 0.5) is 0 Å². The highest BCUT2D eigenvalue weighted by molar-refractivity contribution is 5.76. The summed E-state index contributed by atoms with van der Waals surface area (Å²) in [5.41, 5.74) is 2.28. The molecule has 2 rings (SSSR count). The van der Waals surface area contributed by atoms with Crippen molar-refractivity contribution in [2.75, 3.05) is 19.6 Å². The van der Waals surface area contributed by atoms with Crippen molar-refractivity contribution in [1.82, 2.24) is 5.32 Å². The molecule has 0 aromatic heterocycles. The van der Waals surface area contributed by atoms with Gasteiger partial charge in [-0.15, -0.1) is 0 Å². The molecule has 1 amide bonds. The number of aryl methyl sites for hydroxylation is 1.